The van der Waals surface area contributed by atoms with E-state index in [9.17, 15) is 0 Å². The highest BCUT2D eigenvalue weighted by molar-refractivity contribution is 7.16. The normalized spacial score (nSPS) is 24.6. The number of thiophene rings is 1. The van der Waals surface area contributed by atoms with E-state index in [2.05, 4.69) is 30.3 Å². The molecule has 0 radical (unpaired) electrons. The van der Waals surface area contributed by atoms with E-state index in [0.717, 1.165) is 10.9 Å². The Balaban J connectivity index is 1.89. The Bertz CT molecular complexity index is 340. The largest absolute Gasteiger partial charge is 0.305 e. The monoisotopic (exact) mass is 258 g/mol. The highest BCUT2D eigenvalue weighted by atomic mass is 35.5. The second-order valence-electron chi connectivity index (χ2n) is 4.63. The van der Waals surface area contributed by atoms with Crippen molar-refractivity contribution in [1.82, 2.24) is 10.2 Å². The van der Waals surface area contributed by atoms with Crippen molar-refractivity contribution in [1.29, 1.82) is 0 Å². The van der Waals surface area contributed by atoms with Gasteiger partial charge in [0.1, 0.15) is 0 Å². The molecule has 1 saturated heterocycles. The van der Waals surface area contributed by atoms with E-state index < -0.39 is 0 Å². The Morgan fingerprint density at radius 1 is 1.56 bits per heavy atom. The number of likely N-dealkylation sites (tertiary alicyclic amines) is 1. The summed E-state index contributed by atoms with van der Waals surface area (Å²) in [5.74, 6) is 0. The van der Waals surface area contributed by atoms with Gasteiger partial charge in [0, 0.05) is 23.5 Å². The van der Waals surface area contributed by atoms with Gasteiger partial charge in [0.05, 0.1) is 4.34 Å². The van der Waals surface area contributed by atoms with E-state index in [4.69, 9.17) is 11.6 Å². The second kappa shape index (κ2) is 5.50. The van der Waals surface area contributed by atoms with Gasteiger partial charge in [0.15, 0.2) is 0 Å². The molecule has 0 bridgehead atoms. The molecular formula is C12H19ClN2S. The summed E-state index contributed by atoms with van der Waals surface area (Å²) in [7, 11) is 2.19. The van der Waals surface area contributed by atoms with Crippen LogP contribution < -0.4 is 5.32 Å². The molecule has 1 aromatic rings. The third-order valence-corrected chi connectivity index (χ3v) is 4.54. The topological polar surface area (TPSA) is 15.3 Å². The summed E-state index contributed by atoms with van der Waals surface area (Å²) in [4.78, 5) is 3.73. The maximum absolute atomic E-state index is 5.95. The fourth-order valence-corrected chi connectivity index (χ4v) is 3.37. The Morgan fingerprint density at radius 2 is 2.38 bits per heavy atom. The van der Waals surface area contributed by atoms with Crippen LogP contribution in [0.2, 0.25) is 4.34 Å². The molecule has 0 amide bonds. The maximum atomic E-state index is 5.95. The van der Waals surface area contributed by atoms with Gasteiger partial charge in [-0.2, -0.15) is 0 Å². The van der Waals surface area contributed by atoms with Crippen molar-refractivity contribution in [2.45, 2.75) is 31.8 Å². The lowest BCUT2D eigenvalue weighted by atomic mass is 10.1. The fraction of sp³-hybridized carbons (Fsp3) is 0.667. The molecule has 1 aliphatic rings. The Morgan fingerprint density at radius 3 is 3.00 bits per heavy atom. The minimum atomic E-state index is 0.411. The van der Waals surface area contributed by atoms with Crippen molar-refractivity contribution in [3.05, 3.63) is 21.3 Å². The van der Waals surface area contributed by atoms with Crippen LogP contribution in [0.25, 0.3) is 0 Å². The number of hydrogen-bond acceptors (Lipinski definition) is 3. The first kappa shape index (κ1) is 12.4. The Kier molecular flexibility index (Phi) is 4.25. The predicted molar refractivity (Wildman–Crippen MR) is 71.4 cm³/mol. The minimum absolute atomic E-state index is 0.411. The zero-order valence-corrected chi connectivity index (χ0v) is 11.4. The highest BCUT2D eigenvalue weighted by Gasteiger charge is 2.19. The molecule has 1 fully saturated rings. The average molecular weight is 259 g/mol. The lowest BCUT2D eigenvalue weighted by Gasteiger charge is -2.32. The Labute approximate surface area is 107 Å². The standard InChI is InChI=1S/C12H19ClN2S/c1-9(11-5-6-12(13)16-11)14-10-4-3-7-15(2)8-10/h5-6,9-10,14H,3-4,7-8H2,1-2H3. The van der Waals surface area contributed by atoms with Gasteiger partial charge in [0.25, 0.3) is 0 Å². The van der Waals surface area contributed by atoms with E-state index in [-0.39, 0.29) is 0 Å². The Hall–Kier alpha value is -0.0900. The predicted octanol–water partition coefficient (Wildman–Crippen LogP) is 3.15. The lowest BCUT2D eigenvalue weighted by molar-refractivity contribution is 0.219. The molecule has 2 nitrogen and oxygen atoms in total. The third kappa shape index (κ3) is 3.20. The summed E-state index contributed by atoms with van der Waals surface area (Å²) in [5.41, 5.74) is 0. The molecule has 2 rings (SSSR count). The van der Waals surface area contributed by atoms with Crippen LogP contribution in [0.3, 0.4) is 0 Å². The van der Waals surface area contributed by atoms with Crippen LogP contribution in [0.4, 0.5) is 0 Å². The van der Waals surface area contributed by atoms with Crippen LogP contribution in [0.15, 0.2) is 12.1 Å². The van der Waals surface area contributed by atoms with Gasteiger partial charge in [-0.05, 0) is 45.5 Å². The van der Waals surface area contributed by atoms with Crippen LogP contribution in [0.1, 0.15) is 30.7 Å². The summed E-state index contributed by atoms with van der Waals surface area (Å²) in [5, 5.41) is 3.69. The van der Waals surface area contributed by atoms with Gasteiger partial charge >= 0.3 is 0 Å². The van der Waals surface area contributed by atoms with E-state index in [0.29, 0.717) is 12.1 Å². The van der Waals surface area contributed by atoms with Crippen LogP contribution >= 0.6 is 22.9 Å². The van der Waals surface area contributed by atoms with Gasteiger partial charge < -0.3 is 10.2 Å². The molecule has 0 aliphatic carbocycles. The van der Waals surface area contributed by atoms with Crippen molar-refractivity contribution in [3.63, 3.8) is 0 Å². The number of nitrogens with one attached hydrogen (secondary N) is 1. The average Bonchev–Trinajstić information content (AvgIpc) is 2.65. The molecule has 0 aromatic carbocycles. The van der Waals surface area contributed by atoms with Gasteiger partial charge in [-0.25, -0.2) is 0 Å². The van der Waals surface area contributed by atoms with Gasteiger partial charge in [-0.15, -0.1) is 11.3 Å². The van der Waals surface area contributed by atoms with Gasteiger partial charge in [0.2, 0.25) is 0 Å². The molecule has 16 heavy (non-hydrogen) atoms. The number of rotatable bonds is 3. The fourth-order valence-electron chi connectivity index (χ4n) is 2.30. The number of nitrogens with zero attached hydrogens (tertiary/aromatic N) is 1. The maximum Gasteiger partial charge on any atom is 0.0931 e. The summed E-state index contributed by atoms with van der Waals surface area (Å²) in [6, 6.07) is 5.13. The molecule has 1 aliphatic heterocycles. The molecule has 2 atom stereocenters. The van der Waals surface area contributed by atoms with Crippen LogP contribution in [-0.4, -0.2) is 31.1 Å². The third-order valence-electron chi connectivity index (χ3n) is 3.13. The van der Waals surface area contributed by atoms with Gasteiger partial charge in [-0.1, -0.05) is 11.6 Å². The lowest BCUT2D eigenvalue weighted by Crippen LogP contribution is -2.44. The summed E-state index contributed by atoms with van der Waals surface area (Å²) < 4.78 is 0.879. The van der Waals surface area contributed by atoms with Gasteiger partial charge in [-0.3, -0.25) is 0 Å². The number of piperidine rings is 1. The molecular weight excluding hydrogens is 240 g/mol. The first-order valence-corrected chi connectivity index (χ1v) is 7.04. The number of halogens is 1. The molecule has 2 heterocycles. The van der Waals surface area contributed by atoms with Crippen molar-refractivity contribution >= 4 is 22.9 Å². The summed E-state index contributed by atoms with van der Waals surface area (Å²) >= 11 is 7.63. The molecule has 1 aromatic heterocycles. The zero-order valence-electron chi connectivity index (χ0n) is 9.87. The van der Waals surface area contributed by atoms with Crippen LogP contribution in [0, 0.1) is 0 Å². The SMILES string of the molecule is CC(NC1CCCN(C)C1)c1ccc(Cl)s1. The first-order valence-electron chi connectivity index (χ1n) is 5.85. The summed E-state index contributed by atoms with van der Waals surface area (Å²) in [6.45, 7) is 4.61. The second-order valence-corrected chi connectivity index (χ2v) is 6.38. The molecule has 2 unspecified atom stereocenters. The van der Waals surface area contributed by atoms with E-state index in [1.54, 1.807) is 11.3 Å². The van der Waals surface area contributed by atoms with Crippen molar-refractivity contribution in [3.8, 4) is 0 Å². The number of likely N-dealkylation sites (N-methyl/N-ethyl adjacent to an activating group) is 1. The molecule has 0 spiro atoms. The van der Waals surface area contributed by atoms with E-state index >= 15 is 0 Å². The highest BCUT2D eigenvalue weighted by Crippen LogP contribution is 2.27. The van der Waals surface area contributed by atoms with E-state index in [1.165, 1.54) is 24.3 Å². The molecule has 4 heteroatoms. The van der Waals surface area contributed by atoms with Crippen LogP contribution in [-0.2, 0) is 0 Å². The zero-order chi connectivity index (χ0) is 11.5. The quantitative estimate of drug-likeness (QED) is 0.896. The smallest absolute Gasteiger partial charge is 0.0931 e. The van der Waals surface area contributed by atoms with Crippen molar-refractivity contribution in [2.75, 3.05) is 20.1 Å². The molecule has 90 valence electrons. The van der Waals surface area contributed by atoms with Crippen LogP contribution in [0.5, 0.6) is 0 Å². The van der Waals surface area contributed by atoms with Crippen molar-refractivity contribution in [2.24, 2.45) is 0 Å². The number of hydrogen-bond donors (Lipinski definition) is 1. The molecule has 1 N–H and O–H groups in total. The molecule has 0 saturated carbocycles. The van der Waals surface area contributed by atoms with Crippen molar-refractivity contribution < 1.29 is 0 Å². The van der Waals surface area contributed by atoms with E-state index in [1.807, 2.05) is 6.07 Å². The minimum Gasteiger partial charge on any atom is -0.305 e. The first-order chi connectivity index (χ1) is 7.65. The summed E-state index contributed by atoms with van der Waals surface area (Å²) in [6.07, 6.45) is 2.58.